The Morgan fingerprint density at radius 1 is 1.05 bits per heavy atom. The molecule has 19 heavy (non-hydrogen) atoms. The van der Waals surface area contributed by atoms with E-state index in [-0.39, 0.29) is 0 Å². The van der Waals surface area contributed by atoms with Crippen molar-refractivity contribution < 1.29 is 4.74 Å². The van der Waals surface area contributed by atoms with Gasteiger partial charge in [0.05, 0.1) is 8.95 Å². The van der Waals surface area contributed by atoms with Crippen LogP contribution in [0.25, 0.3) is 0 Å². The average molecular weight is 518 g/mol. The molecule has 1 aromatic rings. The van der Waals surface area contributed by atoms with Gasteiger partial charge in [0, 0.05) is 14.7 Å². The predicted molar refractivity (Wildman–Crippen MR) is 92.2 cm³/mol. The fourth-order valence-electron chi connectivity index (χ4n) is 3.32. The second kappa shape index (κ2) is 5.62. The SMILES string of the molecule is Brc1cc(Br)c(OC2CC(Br)C23CCCC3)c(Br)c1. The van der Waals surface area contributed by atoms with Gasteiger partial charge in [0.25, 0.3) is 0 Å². The van der Waals surface area contributed by atoms with Gasteiger partial charge in [-0.05, 0) is 63.3 Å². The number of hydrogen-bond donors (Lipinski definition) is 0. The van der Waals surface area contributed by atoms with E-state index in [1.54, 1.807) is 0 Å². The van der Waals surface area contributed by atoms with Gasteiger partial charge < -0.3 is 4.74 Å². The Kier molecular flexibility index (Phi) is 4.39. The number of rotatable bonds is 2. The van der Waals surface area contributed by atoms with Crippen molar-refractivity contribution >= 4 is 63.7 Å². The molecule has 5 heteroatoms. The quantitative estimate of drug-likeness (QED) is 0.410. The van der Waals surface area contributed by atoms with Crippen LogP contribution in [0.1, 0.15) is 32.1 Å². The van der Waals surface area contributed by atoms with Gasteiger partial charge in [-0.25, -0.2) is 0 Å². The normalized spacial score (nSPS) is 28.4. The monoisotopic (exact) mass is 514 g/mol. The van der Waals surface area contributed by atoms with E-state index in [0.29, 0.717) is 16.3 Å². The summed E-state index contributed by atoms with van der Waals surface area (Å²) in [5.74, 6) is 0.930. The molecule has 0 heterocycles. The minimum atomic E-state index is 0.341. The van der Waals surface area contributed by atoms with Gasteiger partial charge >= 0.3 is 0 Å². The molecule has 0 amide bonds. The number of hydrogen-bond acceptors (Lipinski definition) is 1. The predicted octanol–water partition coefficient (Wildman–Crippen LogP) is 6.45. The molecule has 1 spiro atoms. The Hall–Kier alpha value is 0.940. The molecule has 2 aliphatic carbocycles. The highest BCUT2D eigenvalue weighted by Gasteiger charge is 2.56. The Morgan fingerprint density at radius 2 is 1.63 bits per heavy atom. The highest BCUT2D eigenvalue weighted by atomic mass is 79.9. The maximum atomic E-state index is 6.33. The van der Waals surface area contributed by atoms with E-state index in [9.17, 15) is 0 Å². The molecule has 104 valence electrons. The summed E-state index contributed by atoms with van der Waals surface area (Å²) in [7, 11) is 0. The number of benzene rings is 1. The Morgan fingerprint density at radius 3 is 2.16 bits per heavy atom. The van der Waals surface area contributed by atoms with Crippen molar-refractivity contribution in [1.82, 2.24) is 0 Å². The molecule has 2 fully saturated rings. The lowest BCUT2D eigenvalue weighted by atomic mass is 9.64. The van der Waals surface area contributed by atoms with Gasteiger partial charge in [-0.2, -0.15) is 0 Å². The van der Waals surface area contributed by atoms with Gasteiger partial charge in [-0.15, -0.1) is 0 Å². The van der Waals surface area contributed by atoms with Crippen LogP contribution in [0.2, 0.25) is 0 Å². The number of halogens is 4. The van der Waals surface area contributed by atoms with E-state index < -0.39 is 0 Å². The molecule has 2 aliphatic rings. The fraction of sp³-hybridized carbons (Fsp3) is 0.571. The molecule has 1 aromatic carbocycles. The van der Waals surface area contributed by atoms with Gasteiger partial charge in [-0.1, -0.05) is 44.7 Å². The first-order valence-corrected chi connectivity index (χ1v) is 9.78. The maximum Gasteiger partial charge on any atom is 0.148 e. The van der Waals surface area contributed by atoms with Gasteiger partial charge in [0.2, 0.25) is 0 Å². The van der Waals surface area contributed by atoms with Crippen molar-refractivity contribution in [1.29, 1.82) is 0 Å². The third-order valence-electron chi connectivity index (χ3n) is 4.44. The second-order valence-electron chi connectivity index (χ2n) is 5.45. The van der Waals surface area contributed by atoms with Crippen molar-refractivity contribution in [2.75, 3.05) is 0 Å². The average Bonchev–Trinajstić information content (AvgIpc) is 2.84. The topological polar surface area (TPSA) is 9.23 Å². The summed E-state index contributed by atoms with van der Waals surface area (Å²) >= 11 is 14.5. The molecule has 0 radical (unpaired) electrons. The van der Waals surface area contributed by atoms with E-state index in [4.69, 9.17) is 4.74 Å². The molecule has 0 N–H and O–H groups in total. The summed E-state index contributed by atoms with van der Waals surface area (Å²) in [4.78, 5) is 0.625. The standard InChI is InChI=1S/C14H14Br4O/c15-8-5-9(16)13(10(17)6-8)19-12-7-11(18)14(12)3-1-2-4-14/h5-6,11-12H,1-4,7H2. The van der Waals surface area contributed by atoms with Crippen LogP contribution in [0.3, 0.4) is 0 Å². The maximum absolute atomic E-state index is 6.33. The molecule has 0 aliphatic heterocycles. The minimum Gasteiger partial charge on any atom is -0.487 e. The molecule has 2 saturated carbocycles. The molecule has 0 bridgehead atoms. The lowest BCUT2D eigenvalue weighted by molar-refractivity contribution is -0.0312. The van der Waals surface area contributed by atoms with Crippen LogP contribution < -0.4 is 4.74 Å². The first-order chi connectivity index (χ1) is 9.03. The zero-order valence-corrected chi connectivity index (χ0v) is 16.6. The van der Waals surface area contributed by atoms with Crippen LogP contribution in [0.4, 0.5) is 0 Å². The zero-order chi connectivity index (χ0) is 13.6. The largest absolute Gasteiger partial charge is 0.487 e. The van der Waals surface area contributed by atoms with Crippen molar-refractivity contribution in [3.8, 4) is 5.75 Å². The van der Waals surface area contributed by atoms with E-state index in [1.165, 1.54) is 25.7 Å². The van der Waals surface area contributed by atoms with Crippen molar-refractivity contribution in [3.63, 3.8) is 0 Å². The molecular weight excluding hydrogens is 504 g/mol. The molecule has 2 unspecified atom stereocenters. The zero-order valence-electron chi connectivity index (χ0n) is 10.3. The van der Waals surface area contributed by atoms with E-state index in [1.807, 2.05) is 12.1 Å². The summed E-state index contributed by atoms with van der Waals surface area (Å²) in [6, 6.07) is 4.07. The van der Waals surface area contributed by atoms with E-state index in [2.05, 4.69) is 63.7 Å². The van der Waals surface area contributed by atoms with E-state index in [0.717, 1.165) is 25.6 Å². The molecule has 0 saturated heterocycles. The number of ether oxygens (including phenoxy) is 1. The van der Waals surface area contributed by atoms with Crippen LogP contribution in [0.5, 0.6) is 5.75 Å². The molecule has 3 rings (SSSR count). The van der Waals surface area contributed by atoms with Gasteiger partial charge in [-0.3, -0.25) is 0 Å². The van der Waals surface area contributed by atoms with Crippen molar-refractivity contribution in [3.05, 3.63) is 25.6 Å². The fourth-order valence-corrected chi connectivity index (χ4v) is 6.85. The number of alkyl halides is 1. The van der Waals surface area contributed by atoms with Gasteiger partial charge in [0.1, 0.15) is 11.9 Å². The Bertz CT molecular complexity index is 473. The smallest absolute Gasteiger partial charge is 0.148 e. The Balaban J connectivity index is 1.83. The first-order valence-electron chi connectivity index (χ1n) is 6.48. The summed E-state index contributed by atoms with van der Waals surface area (Å²) in [5.41, 5.74) is 0.367. The molecular formula is C14H14Br4O. The third kappa shape index (κ3) is 2.58. The summed E-state index contributed by atoms with van der Waals surface area (Å²) in [6.45, 7) is 0. The van der Waals surface area contributed by atoms with Gasteiger partial charge in [0.15, 0.2) is 0 Å². The van der Waals surface area contributed by atoms with Crippen LogP contribution >= 0.6 is 63.7 Å². The van der Waals surface area contributed by atoms with Crippen LogP contribution in [0, 0.1) is 5.41 Å². The van der Waals surface area contributed by atoms with E-state index >= 15 is 0 Å². The lowest BCUT2D eigenvalue weighted by Gasteiger charge is -2.51. The minimum absolute atomic E-state index is 0.341. The van der Waals surface area contributed by atoms with Crippen LogP contribution in [0.15, 0.2) is 25.6 Å². The second-order valence-corrected chi connectivity index (χ2v) is 9.18. The molecule has 0 aromatic heterocycles. The molecule has 1 nitrogen and oxygen atoms in total. The van der Waals surface area contributed by atoms with Crippen molar-refractivity contribution in [2.45, 2.75) is 43.0 Å². The highest BCUT2D eigenvalue weighted by molar-refractivity contribution is 9.11. The van der Waals surface area contributed by atoms with Crippen molar-refractivity contribution in [2.24, 2.45) is 5.41 Å². The molecule has 2 atom stereocenters. The third-order valence-corrected chi connectivity index (χ3v) is 7.37. The summed E-state index contributed by atoms with van der Waals surface area (Å²) in [6.07, 6.45) is 6.70. The van der Waals surface area contributed by atoms with Crippen LogP contribution in [-0.2, 0) is 0 Å². The van der Waals surface area contributed by atoms with Crippen LogP contribution in [-0.4, -0.2) is 10.9 Å². The lowest BCUT2D eigenvalue weighted by Crippen LogP contribution is -2.55. The summed E-state index contributed by atoms with van der Waals surface area (Å²) < 4.78 is 9.37. The summed E-state index contributed by atoms with van der Waals surface area (Å²) in [5, 5.41) is 0. The first kappa shape index (κ1) is 14.9. The Labute approximate surface area is 147 Å². The highest BCUT2D eigenvalue weighted by Crippen LogP contribution is 2.58.